The molecule has 134 valence electrons. The summed E-state index contributed by atoms with van der Waals surface area (Å²) in [6.45, 7) is 7.45. The van der Waals surface area contributed by atoms with E-state index in [1.807, 2.05) is 6.07 Å². The zero-order valence-electron chi connectivity index (χ0n) is 13.4. The minimum atomic E-state index is -4.90. The average Bonchev–Trinajstić information content (AvgIpc) is 3.02. The molecule has 0 atom stereocenters. The standard InChI is InChI=1S/C19H9ClF3N3O/c1-25-17(15-10-26-16-4-3-13(20)8-14(15)16)7-12-6-11(9-24)2-5-18(12)27-19(21,22)23/h2-8,10,26H/b17-7-. The maximum absolute atomic E-state index is 12.7. The maximum Gasteiger partial charge on any atom is 0.573 e. The van der Waals surface area contributed by atoms with Gasteiger partial charge in [0.05, 0.1) is 18.2 Å². The number of benzene rings is 2. The highest BCUT2D eigenvalue weighted by molar-refractivity contribution is 6.31. The fraction of sp³-hybridized carbons (Fsp3) is 0.0526. The Hall–Kier alpha value is -3.42. The summed E-state index contributed by atoms with van der Waals surface area (Å²) in [7, 11) is 0. The number of H-pyrrole nitrogens is 1. The van der Waals surface area contributed by atoms with E-state index in [9.17, 15) is 13.2 Å². The Labute approximate surface area is 156 Å². The number of nitrogens with zero attached hydrogens (tertiary/aromatic N) is 2. The first-order valence-corrected chi connectivity index (χ1v) is 7.84. The Morgan fingerprint density at radius 3 is 2.70 bits per heavy atom. The van der Waals surface area contributed by atoms with Gasteiger partial charge in [0, 0.05) is 21.7 Å². The summed E-state index contributed by atoms with van der Waals surface area (Å²) in [6.07, 6.45) is -2.08. The third kappa shape index (κ3) is 4.05. The number of nitriles is 1. The first-order chi connectivity index (χ1) is 12.8. The predicted octanol–water partition coefficient (Wildman–Crippen LogP) is 6.01. The predicted molar refractivity (Wildman–Crippen MR) is 95.6 cm³/mol. The molecule has 0 aliphatic carbocycles. The largest absolute Gasteiger partial charge is 0.573 e. The number of rotatable bonds is 3. The Balaban J connectivity index is 2.17. The number of hydrogen-bond acceptors (Lipinski definition) is 2. The van der Waals surface area contributed by atoms with Gasteiger partial charge in [-0.15, -0.1) is 13.2 Å². The molecule has 0 bridgehead atoms. The molecule has 0 aliphatic heterocycles. The molecule has 0 spiro atoms. The monoisotopic (exact) mass is 387 g/mol. The Morgan fingerprint density at radius 1 is 1.26 bits per heavy atom. The molecule has 0 fully saturated rings. The maximum atomic E-state index is 12.7. The smallest absolute Gasteiger partial charge is 0.405 e. The van der Waals surface area contributed by atoms with Crippen molar-refractivity contribution in [2.45, 2.75) is 6.36 Å². The first kappa shape index (κ1) is 18.4. The van der Waals surface area contributed by atoms with Gasteiger partial charge in [0.25, 0.3) is 0 Å². The molecule has 8 heteroatoms. The van der Waals surface area contributed by atoms with Crippen LogP contribution in [0.3, 0.4) is 0 Å². The van der Waals surface area contributed by atoms with Gasteiger partial charge in [-0.2, -0.15) is 5.26 Å². The molecular formula is C19H9ClF3N3O. The second-order valence-electron chi connectivity index (χ2n) is 5.45. The van der Waals surface area contributed by atoms with Crippen LogP contribution in [0.15, 0.2) is 42.6 Å². The summed E-state index contributed by atoms with van der Waals surface area (Å²) >= 11 is 6.00. The van der Waals surface area contributed by atoms with Crippen LogP contribution in [0, 0.1) is 17.9 Å². The molecule has 1 aromatic heterocycles. The highest BCUT2D eigenvalue weighted by Crippen LogP contribution is 2.33. The van der Waals surface area contributed by atoms with Gasteiger partial charge in [-0.1, -0.05) is 11.6 Å². The summed E-state index contributed by atoms with van der Waals surface area (Å²) in [5.74, 6) is -0.500. The van der Waals surface area contributed by atoms with Crippen molar-refractivity contribution in [3.8, 4) is 11.8 Å². The van der Waals surface area contributed by atoms with E-state index in [-0.39, 0.29) is 16.8 Å². The fourth-order valence-electron chi connectivity index (χ4n) is 2.57. The molecule has 0 radical (unpaired) electrons. The molecule has 1 heterocycles. The number of fused-ring (bicyclic) bond motifs is 1. The summed E-state index contributed by atoms with van der Waals surface area (Å²) in [5, 5.41) is 10.1. The molecule has 0 aliphatic rings. The van der Waals surface area contributed by atoms with Gasteiger partial charge in [0.15, 0.2) is 5.70 Å². The number of aromatic nitrogens is 1. The molecule has 1 N–H and O–H groups in total. The molecule has 4 nitrogen and oxygen atoms in total. The van der Waals surface area contributed by atoms with E-state index in [4.69, 9.17) is 23.4 Å². The molecule has 27 heavy (non-hydrogen) atoms. The van der Waals surface area contributed by atoms with E-state index in [0.29, 0.717) is 16.0 Å². The lowest BCUT2D eigenvalue weighted by atomic mass is 10.1. The van der Waals surface area contributed by atoms with E-state index in [1.54, 1.807) is 24.4 Å². The van der Waals surface area contributed by atoms with Crippen LogP contribution in [-0.4, -0.2) is 11.3 Å². The second kappa shape index (κ2) is 7.06. The summed E-state index contributed by atoms with van der Waals surface area (Å²) in [4.78, 5) is 6.41. The number of nitrogens with one attached hydrogen (secondary N) is 1. The number of aromatic amines is 1. The molecule has 2 aromatic carbocycles. The van der Waals surface area contributed by atoms with Crippen LogP contribution >= 0.6 is 11.6 Å². The van der Waals surface area contributed by atoms with Crippen molar-refractivity contribution in [3.05, 3.63) is 75.7 Å². The van der Waals surface area contributed by atoms with E-state index in [1.165, 1.54) is 18.2 Å². The summed E-state index contributed by atoms with van der Waals surface area (Å²) in [6, 6.07) is 10.4. The van der Waals surface area contributed by atoms with E-state index in [0.717, 1.165) is 11.6 Å². The number of alkyl halides is 3. The van der Waals surface area contributed by atoms with Gasteiger partial charge in [-0.25, -0.2) is 4.85 Å². The fourth-order valence-corrected chi connectivity index (χ4v) is 2.74. The van der Waals surface area contributed by atoms with Crippen LogP contribution in [0.2, 0.25) is 5.02 Å². The van der Waals surface area contributed by atoms with Crippen molar-refractivity contribution in [3.63, 3.8) is 0 Å². The van der Waals surface area contributed by atoms with E-state index >= 15 is 0 Å². The Kier molecular flexibility index (Phi) is 4.81. The minimum absolute atomic E-state index is 0.0336. The van der Waals surface area contributed by atoms with Crippen molar-refractivity contribution >= 4 is 34.3 Å². The van der Waals surface area contributed by atoms with Crippen LogP contribution in [-0.2, 0) is 0 Å². The zero-order chi connectivity index (χ0) is 19.6. The SMILES string of the molecule is [C-]#[N+]/C(=C\c1cc(C#N)ccc1OC(F)(F)F)c1c[nH]c2ccc(Cl)cc12. The second-order valence-corrected chi connectivity index (χ2v) is 5.88. The molecular weight excluding hydrogens is 379 g/mol. The van der Waals surface area contributed by atoms with Crippen molar-refractivity contribution in [2.75, 3.05) is 0 Å². The van der Waals surface area contributed by atoms with Crippen LogP contribution in [0.25, 0.3) is 27.5 Å². The molecule has 3 rings (SSSR count). The van der Waals surface area contributed by atoms with Crippen LogP contribution in [0.4, 0.5) is 13.2 Å². The van der Waals surface area contributed by atoms with Gasteiger partial charge in [-0.05, 0) is 54.1 Å². The van der Waals surface area contributed by atoms with E-state index in [2.05, 4.69) is 14.6 Å². The number of halogens is 4. The Bertz CT molecular complexity index is 1130. The lowest BCUT2D eigenvalue weighted by molar-refractivity contribution is -0.274. The zero-order valence-corrected chi connectivity index (χ0v) is 14.2. The lowest BCUT2D eigenvalue weighted by Gasteiger charge is -2.12. The van der Waals surface area contributed by atoms with Crippen LogP contribution < -0.4 is 4.74 Å². The van der Waals surface area contributed by atoms with Gasteiger partial charge < -0.3 is 9.72 Å². The third-order valence-corrected chi connectivity index (χ3v) is 3.93. The van der Waals surface area contributed by atoms with Gasteiger partial charge in [0.2, 0.25) is 0 Å². The molecule has 0 saturated heterocycles. The topological polar surface area (TPSA) is 53.2 Å². The van der Waals surface area contributed by atoms with Crippen LogP contribution in [0.1, 0.15) is 16.7 Å². The van der Waals surface area contributed by atoms with Crippen molar-refractivity contribution in [2.24, 2.45) is 0 Å². The summed E-state index contributed by atoms with van der Waals surface area (Å²) in [5.41, 5.74) is 1.38. The first-order valence-electron chi connectivity index (χ1n) is 7.47. The molecule has 0 saturated carbocycles. The highest BCUT2D eigenvalue weighted by atomic mass is 35.5. The lowest BCUT2D eigenvalue weighted by Crippen LogP contribution is -2.17. The van der Waals surface area contributed by atoms with Crippen LogP contribution in [0.5, 0.6) is 5.75 Å². The third-order valence-electron chi connectivity index (χ3n) is 3.70. The normalized spacial score (nSPS) is 11.9. The minimum Gasteiger partial charge on any atom is -0.405 e. The van der Waals surface area contributed by atoms with Gasteiger partial charge >= 0.3 is 6.36 Å². The van der Waals surface area contributed by atoms with Gasteiger partial charge in [0.1, 0.15) is 5.75 Å². The molecule has 3 aromatic rings. The number of hydrogen-bond donors (Lipinski definition) is 1. The van der Waals surface area contributed by atoms with E-state index < -0.39 is 12.1 Å². The highest BCUT2D eigenvalue weighted by Gasteiger charge is 2.32. The molecule has 0 amide bonds. The van der Waals surface area contributed by atoms with Crippen molar-refractivity contribution in [1.82, 2.24) is 4.98 Å². The van der Waals surface area contributed by atoms with Gasteiger partial charge in [-0.3, -0.25) is 0 Å². The average molecular weight is 388 g/mol. The molecule has 0 unspecified atom stereocenters. The van der Waals surface area contributed by atoms with Crippen molar-refractivity contribution in [1.29, 1.82) is 5.26 Å². The van der Waals surface area contributed by atoms with Crippen molar-refractivity contribution < 1.29 is 17.9 Å². The Morgan fingerprint density at radius 2 is 2.04 bits per heavy atom. The summed E-state index contributed by atoms with van der Waals surface area (Å²) < 4.78 is 42.0. The quantitative estimate of drug-likeness (QED) is 0.559. The number of ether oxygens (including phenoxy) is 1.